The Kier molecular flexibility index (Phi) is 6.10. The van der Waals surface area contributed by atoms with Crippen LogP contribution in [0.2, 0.25) is 0 Å². The van der Waals surface area contributed by atoms with E-state index in [9.17, 15) is 22.8 Å². The number of alkyl halides is 3. The molecule has 0 atom stereocenters. The standard InChI is InChI=1S/C21H20F3NO4/c1-13-3-5-15(12-16(13)21(22,23)24)25-20(27)8-6-17(26)14-4-7-18-19(11-14)29-10-2-9-28-18/h3-5,7,11-12H,2,6,8-10H2,1H3,(H,25,27). The molecule has 2 aromatic carbocycles. The Labute approximate surface area is 165 Å². The predicted octanol–water partition coefficient (Wildman–Crippen LogP) is 4.78. The van der Waals surface area contributed by atoms with Gasteiger partial charge in [-0.05, 0) is 42.8 Å². The van der Waals surface area contributed by atoms with Gasteiger partial charge in [-0.1, -0.05) is 6.07 Å². The van der Waals surface area contributed by atoms with Crippen molar-refractivity contribution in [3.8, 4) is 11.5 Å². The molecule has 0 fully saturated rings. The van der Waals surface area contributed by atoms with E-state index < -0.39 is 17.6 Å². The summed E-state index contributed by atoms with van der Waals surface area (Å²) in [5, 5.41) is 2.41. The highest BCUT2D eigenvalue weighted by Gasteiger charge is 2.32. The molecular weight excluding hydrogens is 387 g/mol. The van der Waals surface area contributed by atoms with Crippen molar-refractivity contribution in [2.45, 2.75) is 32.4 Å². The predicted molar refractivity (Wildman–Crippen MR) is 100 cm³/mol. The van der Waals surface area contributed by atoms with Crippen LogP contribution in [-0.2, 0) is 11.0 Å². The van der Waals surface area contributed by atoms with Gasteiger partial charge in [-0.2, -0.15) is 13.2 Å². The summed E-state index contributed by atoms with van der Waals surface area (Å²) in [6, 6.07) is 8.41. The van der Waals surface area contributed by atoms with Crippen molar-refractivity contribution in [3.05, 3.63) is 53.1 Å². The highest BCUT2D eigenvalue weighted by Crippen LogP contribution is 2.33. The van der Waals surface area contributed by atoms with Crippen LogP contribution in [0.15, 0.2) is 36.4 Å². The average molecular weight is 407 g/mol. The Morgan fingerprint density at radius 1 is 1.00 bits per heavy atom. The van der Waals surface area contributed by atoms with Crippen molar-refractivity contribution < 1.29 is 32.2 Å². The summed E-state index contributed by atoms with van der Waals surface area (Å²) < 4.78 is 50.0. The monoisotopic (exact) mass is 407 g/mol. The molecule has 1 aliphatic heterocycles. The van der Waals surface area contributed by atoms with E-state index in [1.165, 1.54) is 19.1 Å². The Bertz CT molecular complexity index is 925. The molecule has 5 nitrogen and oxygen atoms in total. The third kappa shape index (κ3) is 5.28. The molecule has 0 aromatic heterocycles. The number of fused-ring (bicyclic) bond motifs is 1. The number of aryl methyl sites for hydroxylation is 1. The number of carbonyl (C=O) groups excluding carboxylic acids is 2. The van der Waals surface area contributed by atoms with E-state index in [1.807, 2.05) is 0 Å². The second kappa shape index (κ2) is 8.55. The summed E-state index contributed by atoms with van der Waals surface area (Å²) in [6.45, 7) is 2.38. The maximum atomic E-state index is 13.0. The molecular formula is C21H20F3NO4. The smallest absolute Gasteiger partial charge is 0.416 e. The van der Waals surface area contributed by atoms with E-state index in [2.05, 4.69) is 5.32 Å². The molecule has 1 heterocycles. The van der Waals surface area contributed by atoms with Crippen molar-refractivity contribution in [3.63, 3.8) is 0 Å². The van der Waals surface area contributed by atoms with E-state index in [1.54, 1.807) is 18.2 Å². The molecule has 0 spiro atoms. The number of carbonyl (C=O) groups is 2. The number of ketones is 1. The molecule has 1 N–H and O–H groups in total. The Morgan fingerprint density at radius 3 is 2.45 bits per heavy atom. The fraction of sp³-hybridized carbons (Fsp3) is 0.333. The maximum absolute atomic E-state index is 13.0. The van der Waals surface area contributed by atoms with Gasteiger partial charge in [0.05, 0.1) is 18.8 Å². The second-order valence-corrected chi connectivity index (χ2v) is 6.71. The number of benzene rings is 2. The minimum Gasteiger partial charge on any atom is -0.490 e. The lowest BCUT2D eigenvalue weighted by atomic mass is 10.1. The number of anilines is 1. The highest BCUT2D eigenvalue weighted by atomic mass is 19.4. The molecule has 154 valence electrons. The lowest BCUT2D eigenvalue weighted by Gasteiger charge is -2.13. The van der Waals surface area contributed by atoms with Crippen molar-refractivity contribution in [1.29, 1.82) is 0 Å². The first-order valence-electron chi connectivity index (χ1n) is 9.14. The molecule has 8 heteroatoms. The fourth-order valence-corrected chi connectivity index (χ4v) is 2.94. The van der Waals surface area contributed by atoms with Gasteiger partial charge in [0, 0.05) is 30.5 Å². The van der Waals surface area contributed by atoms with Gasteiger partial charge in [-0.3, -0.25) is 9.59 Å². The number of hydrogen-bond donors (Lipinski definition) is 1. The number of nitrogens with one attached hydrogen (secondary N) is 1. The van der Waals surface area contributed by atoms with Crippen molar-refractivity contribution in [1.82, 2.24) is 0 Å². The van der Waals surface area contributed by atoms with Crippen LogP contribution in [0.5, 0.6) is 11.5 Å². The van der Waals surface area contributed by atoms with Crippen LogP contribution in [0.3, 0.4) is 0 Å². The summed E-state index contributed by atoms with van der Waals surface area (Å²) in [4.78, 5) is 24.5. The van der Waals surface area contributed by atoms with E-state index in [0.717, 1.165) is 12.5 Å². The van der Waals surface area contributed by atoms with Crippen molar-refractivity contribution in [2.24, 2.45) is 0 Å². The second-order valence-electron chi connectivity index (χ2n) is 6.71. The molecule has 0 bridgehead atoms. The number of ether oxygens (including phenoxy) is 2. The molecule has 29 heavy (non-hydrogen) atoms. The number of Topliss-reactive ketones (excluding diaryl/α,β-unsaturated/α-hetero) is 1. The number of rotatable bonds is 5. The number of hydrogen-bond acceptors (Lipinski definition) is 4. The van der Waals surface area contributed by atoms with Crippen LogP contribution in [0.4, 0.5) is 18.9 Å². The lowest BCUT2D eigenvalue weighted by Crippen LogP contribution is -2.15. The first-order valence-corrected chi connectivity index (χ1v) is 9.14. The van der Waals surface area contributed by atoms with Gasteiger partial charge >= 0.3 is 6.18 Å². The summed E-state index contributed by atoms with van der Waals surface area (Å²) in [6.07, 6.45) is -3.99. The molecule has 1 aliphatic rings. The molecule has 1 amide bonds. The largest absolute Gasteiger partial charge is 0.490 e. The Balaban J connectivity index is 1.60. The van der Waals surface area contributed by atoms with Gasteiger partial charge in [0.15, 0.2) is 17.3 Å². The highest BCUT2D eigenvalue weighted by molar-refractivity contribution is 6.00. The summed E-state index contributed by atoms with van der Waals surface area (Å²) in [5.74, 6) is 0.245. The quantitative estimate of drug-likeness (QED) is 0.725. The molecule has 2 aromatic rings. The number of amides is 1. The maximum Gasteiger partial charge on any atom is 0.416 e. The van der Waals surface area contributed by atoms with E-state index in [4.69, 9.17) is 9.47 Å². The minimum atomic E-state index is -4.50. The Hall–Kier alpha value is -3.03. The summed E-state index contributed by atoms with van der Waals surface area (Å²) in [7, 11) is 0. The molecule has 0 radical (unpaired) electrons. The van der Waals surface area contributed by atoms with E-state index in [-0.39, 0.29) is 29.9 Å². The molecule has 0 saturated heterocycles. The summed E-state index contributed by atoms with van der Waals surface area (Å²) in [5.41, 5.74) is -0.314. The first-order chi connectivity index (χ1) is 13.7. The average Bonchev–Trinajstić information content (AvgIpc) is 2.91. The van der Waals surface area contributed by atoms with Crippen LogP contribution in [0, 0.1) is 6.92 Å². The molecule has 0 unspecified atom stereocenters. The fourth-order valence-electron chi connectivity index (χ4n) is 2.94. The minimum absolute atomic E-state index is 0.0379. The zero-order valence-electron chi connectivity index (χ0n) is 15.8. The molecule has 3 rings (SSSR count). The number of halogens is 3. The zero-order chi connectivity index (χ0) is 21.0. The van der Waals surface area contributed by atoms with Crippen LogP contribution < -0.4 is 14.8 Å². The lowest BCUT2D eigenvalue weighted by molar-refractivity contribution is -0.138. The van der Waals surface area contributed by atoms with Gasteiger partial charge in [-0.25, -0.2) is 0 Å². The third-order valence-electron chi connectivity index (χ3n) is 4.48. The molecule has 0 aliphatic carbocycles. The molecule has 0 saturated carbocycles. The van der Waals surface area contributed by atoms with Crippen LogP contribution >= 0.6 is 0 Å². The van der Waals surface area contributed by atoms with E-state index in [0.29, 0.717) is 30.3 Å². The van der Waals surface area contributed by atoms with Gasteiger partial charge in [-0.15, -0.1) is 0 Å². The van der Waals surface area contributed by atoms with Crippen LogP contribution in [0.1, 0.15) is 40.7 Å². The SMILES string of the molecule is Cc1ccc(NC(=O)CCC(=O)c2ccc3c(c2)OCCCO3)cc1C(F)(F)F. The van der Waals surface area contributed by atoms with Gasteiger partial charge < -0.3 is 14.8 Å². The van der Waals surface area contributed by atoms with Gasteiger partial charge in [0.2, 0.25) is 5.91 Å². The van der Waals surface area contributed by atoms with Crippen molar-refractivity contribution in [2.75, 3.05) is 18.5 Å². The zero-order valence-corrected chi connectivity index (χ0v) is 15.8. The normalized spacial score (nSPS) is 13.5. The third-order valence-corrected chi connectivity index (χ3v) is 4.48. The first kappa shape index (κ1) is 20.7. The Morgan fingerprint density at radius 2 is 1.72 bits per heavy atom. The van der Waals surface area contributed by atoms with Gasteiger partial charge in [0.25, 0.3) is 0 Å². The van der Waals surface area contributed by atoms with E-state index >= 15 is 0 Å². The van der Waals surface area contributed by atoms with Crippen LogP contribution in [0.25, 0.3) is 0 Å². The summed E-state index contributed by atoms with van der Waals surface area (Å²) >= 11 is 0. The van der Waals surface area contributed by atoms with Crippen LogP contribution in [-0.4, -0.2) is 24.9 Å². The van der Waals surface area contributed by atoms with Crippen molar-refractivity contribution >= 4 is 17.4 Å². The van der Waals surface area contributed by atoms with Gasteiger partial charge in [0.1, 0.15) is 0 Å². The topological polar surface area (TPSA) is 64.6 Å².